The van der Waals surface area contributed by atoms with Gasteiger partial charge in [0, 0.05) is 23.9 Å². The summed E-state index contributed by atoms with van der Waals surface area (Å²) in [4.78, 5) is 15.4. The Morgan fingerprint density at radius 3 is 2.23 bits per heavy atom. The van der Waals surface area contributed by atoms with Crippen LogP contribution >= 0.6 is 0 Å². The monoisotopic (exact) mass is 437 g/mol. The van der Waals surface area contributed by atoms with Gasteiger partial charge in [0.25, 0.3) is 0 Å². The van der Waals surface area contributed by atoms with Crippen molar-refractivity contribution < 1.29 is 18.3 Å². The first-order valence-electron chi connectivity index (χ1n) is 9.60. The Morgan fingerprint density at radius 1 is 1.10 bits per heavy atom. The van der Waals surface area contributed by atoms with E-state index in [0.717, 1.165) is 5.56 Å². The number of carbonyl (C=O) groups is 1. The van der Waals surface area contributed by atoms with Crippen LogP contribution in [0.3, 0.4) is 0 Å². The molecule has 8 heteroatoms. The Morgan fingerprint density at radius 2 is 1.68 bits per heavy atom. The molecule has 0 atom stereocenters. The number of aromatic nitrogens is 1. The fourth-order valence-corrected chi connectivity index (χ4v) is 4.08. The van der Waals surface area contributed by atoms with E-state index in [9.17, 15) is 18.3 Å². The maximum absolute atomic E-state index is 12.3. The third-order valence-electron chi connectivity index (χ3n) is 5.25. The van der Waals surface area contributed by atoms with Crippen molar-refractivity contribution in [3.63, 3.8) is 0 Å². The zero-order chi connectivity index (χ0) is 22.9. The molecule has 7 nitrogen and oxygen atoms in total. The van der Waals surface area contributed by atoms with Gasteiger partial charge in [-0.2, -0.15) is 0 Å². The van der Waals surface area contributed by atoms with Gasteiger partial charge in [-0.15, -0.1) is 0 Å². The van der Waals surface area contributed by atoms with Crippen LogP contribution in [-0.2, 0) is 17.1 Å². The smallest absolute Gasteiger partial charge is 0.351 e. The molecule has 31 heavy (non-hydrogen) atoms. The standard InChI is InChI=1S/C23H23N3O4S/c1-14(2)31(29,30)25-19-9-7-6-8-18(19)16-10-12-17(13-11-16)20-21(24-4)15(3)26(5)22(20)23(27)28/h6-14,25H,1-3,5H3,(H,27,28). The summed E-state index contributed by atoms with van der Waals surface area (Å²) in [6.07, 6.45) is 0. The highest BCUT2D eigenvalue weighted by Gasteiger charge is 2.24. The van der Waals surface area contributed by atoms with Crippen LogP contribution in [0.15, 0.2) is 48.5 Å². The SMILES string of the molecule is [C-]#[N+]c1c(-c2ccc(-c3ccccc3NS(=O)(=O)C(C)C)cc2)c(C(=O)O)n(C)c1C. The molecule has 0 aliphatic rings. The Bertz CT molecular complexity index is 1300. The van der Waals surface area contributed by atoms with E-state index in [-0.39, 0.29) is 5.69 Å². The van der Waals surface area contributed by atoms with Crippen LogP contribution < -0.4 is 4.72 Å². The third kappa shape index (κ3) is 4.05. The molecule has 0 unspecified atom stereocenters. The first kappa shape index (κ1) is 22.1. The third-order valence-corrected chi connectivity index (χ3v) is 7.00. The molecule has 3 aromatic rings. The van der Waals surface area contributed by atoms with Crippen molar-refractivity contribution in [2.75, 3.05) is 4.72 Å². The number of hydrogen-bond acceptors (Lipinski definition) is 3. The van der Waals surface area contributed by atoms with Gasteiger partial charge in [-0.25, -0.2) is 18.1 Å². The molecule has 1 heterocycles. The van der Waals surface area contributed by atoms with Crippen molar-refractivity contribution in [3.05, 3.63) is 71.3 Å². The lowest BCUT2D eigenvalue weighted by Gasteiger charge is -2.15. The highest BCUT2D eigenvalue weighted by molar-refractivity contribution is 7.93. The molecule has 2 aromatic carbocycles. The average Bonchev–Trinajstić information content (AvgIpc) is 2.98. The van der Waals surface area contributed by atoms with E-state index in [2.05, 4.69) is 9.57 Å². The number of sulfonamides is 1. The summed E-state index contributed by atoms with van der Waals surface area (Å²) in [5.74, 6) is -1.10. The first-order chi connectivity index (χ1) is 14.6. The van der Waals surface area contributed by atoms with E-state index in [1.54, 1.807) is 64.2 Å². The average molecular weight is 438 g/mol. The Labute approximate surface area is 181 Å². The number of anilines is 1. The number of aromatic carboxylic acids is 1. The van der Waals surface area contributed by atoms with Gasteiger partial charge in [0.15, 0.2) is 0 Å². The molecule has 0 spiro atoms. The number of carboxylic acid groups (broad SMARTS) is 1. The van der Waals surface area contributed by atoms with Gasteiger partial charge in [-0.1, -0.05) is 42.5 Å². The maximum Gasteiger partial charge on any atom is 0.351 e. The molecule has 1 aromatic heterocycles. The summed E-state index contributed by atoms with van der Waals surface area (Å²) in [6, 6.07) is 14.2. The largest absolute Gasteiger partial charge is 0.477 e. The van der Waals surface area contributed by atoms with Crippen molar-refractivity contribution in [3.8, 4) is 22.3 Å². The summed E-state index contributed by atoms with van der Waals surface area (Å²) < 4.78 is 28.8. The van der Waals surface area contributed by atoms with Crippen LogP contribution in [0.2, 0.25) is 0 Å². The molecule has 160 valence electrons. The molecular formula is C23H23N3O4S. The lowest BCUT2D eigenvalue weighted by Crippen LogP contribution is -2.22. The Balaban J connectivity index is 2.09. The number of nitrogens with one attached hydrogen (secondary N) is 1. The van der Waals surface area contributed by atoms with Gasteiger partial charge in [0.2, 0.25) is 15.7 Å². The summed E-state index contributed by atoms with van der Waals surface area (Å²) in [7, 11) is -1.88. The maximum atomic E-state index is 12.3. The van der Waals surface area contributed by atoms with Crippen LogP contribution in [0.25, 0.3) is 27.1 Å². The van der Waals surface area contributed by atoms with Crippen LogP contribution in [0.5, 0.6) is 0 Å². The molecule has 0 aliphatic carbocycles. The summed E-state index contributed by atoms with van der Waals surface area (Å²) in [5.41, 5.74) is 3.86. The van der Waals surface area contributed by atoms with E-state index in [0.29, 0.717) is 33.8 Å². The fraction of sp³-hybridized carbons (Fsp3) is 0.217. The van der Waals surface area contributed by atoms with E-state index in [1.807, 2.05) is 12.1 Å². The van der Waals surface area contributed by atoms with Crippen LogP contribution in [-0.4, -0.2) is 29.3 Å². The summed E-state index contributed by atoms with van der Waals surface area (Å²) in [6.45, 7) is 12.4. The lowest BCUT2D eigenvalue weighted by molar-refractivity contribution is 0.0687. The summed E-state index contributed by atoms with van der Waals surface area (Å²) >= 11 is 0. The van der Waals surface area contributed by atoms with Gasteiger partial charge in [0.1, 0.15) is 5.69 Å². The minimum Gasteiger partial charge on any atom is -0.477 e. The highest BCUT2D eigenvalue weighted by atomic mass is 32.2. The number of nitrogens with zero attached hydrogens (tertiary/aromatic N) is 2. The number of rotatable bonds is 6. The van der Waals surface area contributed by atoms with Crippen LogP contribution in [0, 0.1) is 13.5 Å². The minimum absolute atomic E-state index is 0.0568. The quantitative estimate of drug-likeness (QED) is 0.527. The number of carboxylic acids is 1. The molecule has 0 bridgehead atoms. The van der Waals surface area contributed by atoms with Crippen molar-refractivity contribution >= 4 is 27.4 Å². The van der Waals surface area contributed by atoms with Gasteiger partial charge < -0.3 is 9.67 Å². The molecule has 0 amide bonds. The van der Waals surface area contributed by atoms with E-state index >= 15 is 0 Å². The Hall–Kier alpha value is -3.57. The molecule has 3 rings (SSSR count). The molecule has 0 radical (unpaired) electrons. The number of para-hydroxylation sites is 1. The Kier molecular flexibility index (Phi) is 5.91. The lowest BCUT2D eigenvalue weighted by atomic mass is 9.98. The van der Waals surface area contributed by atoms with Gasteiger partial charge in [-0.3, -0.25) is 4.72 Å². The molecular weight excluding hydrogens is 414 g/mol. The summed E-state index contributed by atoms with van der Waals surface area (Å²) in [5, 5.41) is 9.10. The van der Waals surface area contributed by atoms with E-state index in [4.69, 9.17) is 6.57 Å². The second-order valence-corrected chi connectivity index (χ2v) is 9.69. The second kappa shape index (κ2) is 8.28. The molecule has 0 aliphatic heterocycles. The predicted octanol–water partition coefficient (Wildman–Crippen LogP) is 5.07. The van der Waals surface area contributed by atoms with Gasteiger partial charge in [-0.05, 0) is 38.0 Å². The van der Waals surface area contributed by atoms with E-state index < -0.39 is 21.2 Å². The molecule has 0 saturated heterocycles. The first-order valence-corrected chi connectivity index (χ1v) is 11.1. The molecule has 0 saturated carbocycles. The van der Waals surface area contributed by atoms with Gasteiger partial charge >= 0.3 is 5.97 Å². The number of benzene rings is 2. The zero-order valence-electron chi connectivity index (χ0n) is 17.7. The van der Waals surface area contributed by atoms with Crippen molar-refractivity contribution in [1.82, 2.24) is 4.57 Å². The fourth-order valence-electron chi connectivity index (χ4n) is 3.36. The highest BCUT2D eigenvalue weighted by Crippen LogP contribution is 2.40. The topological polar surface area (TPSA) is 92.8 Å². The van der Waals surface area contributed by atoms with Crippen LogP contribution in [0.4, 0.5) is 11.4 Å². The zero-order valence-corrected chi connectivity index (χ0v) is 18.5. The van der Waals surface area contributed by atoms with Crippen molar-refractivity contribution in [1.29, 1.82) is 0 Å². The van der Waals surface area contributed by atoms with E-state index in [1.165, 1.54) is 4.57 Å². The van der Waals surface area contributed by atoms with Crippen LogP contribution in [0.1, 0.15) is 30.0 Å². The van der Waals surface area contributed by atoms with Crippen molar-refractivity contribution in [2.45, 2.75) is 26.0 Å². The normalized spacial score (nSPS) is 11.4. The van der Waals surface area contributed by atoms with Crippen molar-refractivity contribution in [2.24, 2.45) is 7.05 Å². The predicted molar refractivity (Wildman–Crippen MR) is 122 cm³/mol. The minimum atomic E-state index is -3.51. The molecule has 2 N–H and O–H groups in total. The number of hydrogen-bond donors (Lipinski definition) is 2. The van der Waals surface area contributed by atoms with Gasteiger partial charge in [0.05, 0.1) is 17.5 Å². The molecule has 0 fully saturated rings. The second-order valence-electron chi connectivity index (χ2n) is 7.45.